The van der Waals surface area contributed by atoms with Crippen LogP contribution in [0.1, 0.15) is 72.4 Å². The molecule has 1 N–H and O–H groups in total. The number of nitrogens with zero attached hydrogens (tertiary/aromatic N) is 4. The van der Waals surface area contributed by atoms with Crippen LogP contribution in [-0.4, -0.2) is 57.0 Å². The number of phenols is 1. The third kappa shape index (κ3) is 5.40. The van der Waals surface area contributed by atoms with Gasteiger partial charge < -0.3 is 14.9 Å². The van der Waals surface area contributed by atoms with Crippen molar-refractivity contribution in [1.29, 1.82) is 0 Å². The Morgan fingerprint density at radius 1 is 1.03 bits per heavy atom. The lowest BCUT2D eigenvalue weighted by Crippen LogP contribution is -2.45. The van der Waals surface area contributed by atoms with Crippen molar-refractivity contribution in [1.82, 2.24) is 19.8 Å². The predicted molar refractivity (Wildman–Crippen MR) is 146 cm³/mol. The van der Waals surface area contributed by atoms with Crippen molar-refractivity contribution < 1.29 is 9.90 Å². The van der Waals surface area contributed by atoms with Crippen molar-refractivity contribution in [3.8, 4) is 5.75 Å². The fourth-order valence-corrected chi connectivity index (χ4v) is 6.12. The number of carbonyl (C=O) groups is 1. The van der Waals surface area contributed by atoms with Crippen LogP contribution in [0.2, 0.25) is 0 Å². The first kappa shape index (κ1) is 25.4. The molecule has 0 saturated carbocycles. The lowest BCUT2D eigenvalue weighted by atomic mass is 9.71. The van der Waals surface area contributed by atoms with Crippen molar-refractivity contribution in [3.05, 3.63) is 89.0 Å². The topological polar surface area (TPSA) is 69.6 Å². The van der Waals surface area contributed by atoms with Gasteiger partial charge in [-0.3, -0.25) is 4.79 Å². The highest BCUT2D eigenvalue weighted by Crippen LogP contribution is 2.41. The molecule has 3 heterocycles. The van der Waals surface area contributed by atoms with Gasteiger partial charge >= 0.3 is 0 Å². The Balaban J connectivity index is 1.36. The van der Waals surface area contributed by atoms with E-state index in [-0.39, 0.29) is 17.1 Å². The third-order valence-electron chi connectivity index (χ3n) is 8.20. The smallest absolute Gasteiger partial charge is 0.257 e. The van der Waals surface area contributed by atoms with Gasteiger partial charge in [-0.05, 0) is 73.5 Å². The van der Waals surface area contributed by atoms with Gasteiger partial charge in [0.2, 0.25) is 0 Å². The molecule has 1 aromatic heterocycles. The summed E-state index contributed by atoms with van der Waals surface area (Å²) in [6.07, 6.45) is 8.49. The minimum absolute atomic E-state index is 0.0211. The number of piperidine rings is 1. The fraction of sp³-hybridized carbons (Fsp3) is 0.452. The summed E-state index contributed by atoms with van der Waals surface area (Å²) in [4.78, 5) is 27.3. The first-order valence-corrected chi connectivity index (χ1v) is 13.7. The van der Waals surface area contributed by atoms with E-state index in [1.54, 1.807) is 18.5 Å². The van der Waals surface area contributed by atoms with Crippen LogP contribution in [-0.2, 0) is 18.4 Å². The number of fused-ring (bicyclic) bond motifs is 1. The zero-order chi connectivity index (χ0) is 25.8. The molecule has 3 aromatic rings. The Bertz CT molecular complexity index is 1220. The molecule has 1 fully saturated rings. The molecule has 194 valence electrons. The van der Waals surface area contributed by atoms with Gasteiger partial charge in [-0.1, -0.05) is 56.7 Å². The van der Waals surface area contributed by atoms with Crippen molar-refractivity contribution in [3.63, 3.8) is 0 Å². The number of aromatic hydroxyl groups is 1. The van der Waals surface area contributed by atoms with Crippen molar-refractivity contribution >= 4 is 5.91 Å². The van der Waals surface area contributed by atoms with Gasteiger partial charge in [0.25, 0.3) is 5.91 Å². The Hall–Kier alpha value is -3.25. The van der Waals surface area contributed by atoms with Gasteiger partial charge in [0.15, 0.2) is 0 Å². The minimum atomic E-state index is -0.380. The summed E-state index contributed by atoms with van der Waals surface area (Å²) in [7, 11) is 0. The molecule has 1 atom stereocenters. The van der Waals surface area contributed by atoms with Crippen LogP contribution >= 0.6 is 0 Å². The van der Waals surface area contributed by atoms with E-state index in [2.05, 4.69) is 43.0 Å². The highest BCUT2D eigenvalue weighted by molar-refractivity contribution is 5.93. The molecule has 1 amide bonds. The second kappa shape index (κ2) is 11.0. The maximum atomic E-state index is 13.3. The summed E-state index contributed by atoms with van der Waals surface area (Å²) in [5.74, 6) is 1.65. The molecule has 37 heavy (non-hydrogen) atoms. The molecule has 0 bridgehead atoms. The second-order valence-electron chi connectivity index (χ2n) is 10.9. The van der Waals surface area contributed by atoms with Gasteiger partial charge in [-0.2, -0.15) is 0 Å². The molecule has 6 nitrogen and oxygen atoms in total. The molecular formula is C31H38N4O2. The van der Waals surface area contributed by atoms with E-state index in [0.717, 1.165) is 50.3 Å². The number of likely N-dealkylation sites (tertiary alicyclic amines) is 1. The largest absolute Gasteiger partial charge is 0.508 e. The summed E-state index contributed by atoms with van der Waals surface area (Å²) in [5.41, 5.74) is 3.72. The van der Waals surface area contributed by atoms with Gasteiger partial charge in [0, 0.05) is 32.0 Å². The molecule has 5 rings (SSSR count). The molecule has 1 saturated heterocycles. The lowest BCUT2D eigenvalue weighted by Gasteiger charge is -2.42. The first-order valence-electron chi connectivity index (χ1n) is 13.7. The van der Waals surface area contributed by atoms with Crippen LogP contribution in [0.25, 0.3) is 0 Å². The fourth-order valence-electron chi connectivity index (χ4n) is 6.12. The van der Waals surface area contributed by atoms with Crippen molar-refractivity contribution in [2.24, 2.45) is 5.92 Å². The maximum absolute atomic E-state index is 13.3. The Labute approximate surface area is 220 Å². The molecule has 2 aromatic carbocycles. The van der Waals surface area contributed by atoms with E-state index in [4.69, 9.17) is 9.97 Å². The first-order chi connectivity index (χ1) is 18.0. The highest BCUT2D eigenvalue weighted by Gasteiger charge is 2.41. The molecule has 0 radical (unpaired) electrons. The summed E-state index contributed by atoms with van der Waals surface area (Å²) in [6, 6.07) is 15.9. The van der Waals surface area contributed by atoms with Crippen LogP contribution in [0.15, 0.2) is 60.9 Å². The second-order valence-corrected chi connectivity index (χ2v) is 10.9. The zero-order valence-electron chi connectivity index (χ0n) is 22.1. The van der Waals surface area contributed by atoms with E-state index >= 15 is 0 Å². The summed E-state index contributed by atoms with van der Waals surface area (Å²) >= 11 is 0. The normalized spacial score (nSPS) is 18.3. The third-order valence-corrected chi connectivity index (χ3v) is 8.20. The average Bonchev–Trinajstić information content (AvgIpc) is 2.93. The Morgan fingerprint density at radius 2 is 1.76 bits per heavy atom. The SMILES string of the molecule is CCCC(C)CN1CCC(c2cccc(O)c2)(c2ncc(C(=O)N3CCc4ccccc4C3)cn2)CC1. The predicted octanol–water partition coefficient (Wildman–Crippen LogP) is 5.20. The molecular weight excluding hydrogens is 460 g/mol. The molecule has 6 heteroatoms. The summed E-state index contributed by atoms with van der Waals surface area (Å²) in [6.45, 7) is 8.93. The van der Waals surface area contributed by atoms with E-state index in [1.165, 1.54) is 24.0 Å². The molecule has 2 aliphatic rings. The molecule has 1 unspecified atom stereocenters. The highest BCUT2D eigenvalue weighted by atomic mass is 16.3. The van der Waals surface area contributed by atoms with Crippen LogP contribution in [0.3, 0.4) is 0 Å². The number of hydrogen-bond acceptors (Lipinski definition) is 5. The molecule has 0 aliphatic carbocycles. The molecule has 2 aliphatic heterocycles. The van der Waals surface area contributed by atoms with Crippen molar-refractivity contribution in [2.75, 3.05) is 26.2 Å². The number of aromatic nitrogens is 2. The van der Waals surface area contributed by atoms with Crippen LogP contribution in [0.4, 0.5) is 0 Å². The van der Waals surface area contributed by atoms with Crippen LogP contribution in [0.5, 0.6) is 5.75 Å². The number of rotatable bonds is 7. The van der Waals surface area contributed by atoms with E-state index < -0.39 is 0 Å². The molecule has 0 spiro atoms. The van der Waals surface area contributed by atoms with E-state index in [9.17, 15) is 9.90 Å². The van der Waals surface area contributed by atoms with Gasteiger partial charge in [-0.15, -0.1) is 0 Å². The van der Waals surface area contributed by atoms with Gasteiger partial charge in [-0.25, -0.2) is 9.97 Å². The monoisotopic (exact) mass is 498 g/mol. The maximum Gasteiger partial charge on any atom is 0.257 e. The minimum Gasteiger partial charge on any atom is -0.508 e. The number of benzene rings is 2. The lowest BCUT2D eigenvalue weighted by molar-refractivity contribution is 0.0733. The Kier molecular flexibility index (Phi) is 7.56. The number of hydrogen-bond donors (Lipinski definition) is 1. The standard InChI is InChI=1S/C31H38N4O2/c1-3-7-23(2)21-34-16-13-31(14-17-34,27-10-6-11-28(36)18-27)30-32-19-26(20-33-30)29(37)35-15-12-24-8-4-5-9-25(24)22-35/h4-6,8-11,18-20,23,36H,3,7,12-17,21-22H2,1-2H3. The number of amides is 1. The van der Waals surface area contributed by atoms with E-state index in [1.807, 2.05) is 23.1 Å². The van der Waals surface area contributed by atoms with Crippen LogP contribution < -0.4 is 0 Å². The van der Waals surface area contributed by atoms with Crippen LogP contribution in [0, 0.1) is 5.92 Å². The quantitative estimate of drug-likeness (QED) is 0.485. The van der Waals surface area contributed by atoms with Gasteiger partial charge in [0.05, 0.1) is 11.0 Å². The van der Waals surface area contributed by atoms with E-state index in [0.29, 0.717) is 24.6 Å². The summed E-state index contributed by atoms with van der Waals surface area (Å²) < 4.78 is 0. The van der Waals surface area contributed by atoms with Gasteiger partial charge in [0.1, 0.15) is 11.6 Å². The average molecular weight is 499 g/mol. The number of carbonyl (C=O) groups excluding carboxylic acids is 1. The van der Waals surface area contributed by atoms with Crippen molar-refractivity contribution in [2.45, 2.75) is 57.9 Å². The Morgan fingerprint density at radius 3 is 2.46 bits per heavy atom. The number of phenolic OH excluding ortho intramolecular Hbond substituents is 1. The summed E-state index contributed by atoms with van der Waals surface area (Å²) in [5, 5.41) is 10.3. The zero-order valence-corrected chi connectivity index (χ0v) is 22.1.